The summed E-state index contributed by atoms with van der Waals surface area (Å²) in [5, 5.41) is 14.4. The first-order valence-electron chi connectivity index (χ1n) is 9.98. The van der Waals surface area contributed by atoms with Gasteiger partial charge in [-0.05, 0) is 30.9 Å². The molecule has 3 aromatic heterocycles. The minimum absolute atomic E-state index is 0.00577. The van der Waals surface area contributed by atoms with Crippen molar-refractivity contribution in [3.63, 3.8) is 0 Å². The van der Waals surface area contributed by atoms with Gasteiger partial charge in [0.25, 0.3) is 0 Å². The zero-order valence-electron chi connectivity index (χ0n) is 16.5. The number of carboxylic acids is 1. The van der Waals surface area contributed by atoms with Crippen LogP contribution in [0.4, 0.5) is 0 Å². The molecule has 0 aliphatic heterocycles. The van der Waals surface area contributed by atoms with Gasteiger partial charge in [0.1, 0.15) is 11.3 Å². The maximum absolute atomic E-state index is 12.6. The second-order valence-electron chi connectivity index (χ2n) is 7.76. The number of nitrogens with zero attached hydrogens (tertiary/aromatic N) is 4. The fourth-order valence-electron chi connectivity index (χ4n) is 3.54. The van der Waals surface area contributed by atoms with Crippen LogP contribution in [0, 0.1) is 5.92 Å². The van der Waals surface area contributed by atoms with Gasteiger partial charge in [-0.15, -0.1) is 0 Å². The van der Waals surface area contributed by atoms with Gasteiger partial charge in [0.2, 0.25) is 5.43 Å². The molecule has 9 heteroatoms. The van der Waals surface area contributed by atoms with Gasteiger partial charge in [0.15, 0.2) is 5.75 Å². The summed E-state index contributed by atoms with van der Waals surface area (Å²) in [7, 11) is 0. The molecule has 31 heavy (non-hydrogen) atoms. The number of para-hydroxylation sites is 1. The van der Waals surface area contributed by atoms with E-state index in [-0.39, 0.29) is 17.7 Å². The topological polar surface area (TPSA) is 98.7 Å². The molecule has 158 valence electrons. The molecular formula is C22H19ClN4O4. The molecule has 0 amide bonds. The minimum atomic E-state index is -1.10. The Kier molecular flexibility index (Phi) is 4.86. The van der Waals surface area contributed by atoms with Crippen molar-refractivity contribution in [2.75, 3.05) is 6.61 Å². The molecule has 1 fully saturated rings. The summed E-state index contributed by atoms with van der Waals surface area (Å²) in [5.74, 6) is 0.123. The highest BCUT2D eigenvalue weighted by atomic mass is 35.5. The number of halogens is 1. The smallest absolute Gasteiger partial charge is 0.309 e. The van der Waals surface area contributed by atoms with E-state index in [1.165, 1.54) is 12.8 Å². The molecule has 4 aromatic rings. The zero-order valence-corrected chi connectivity index (χ0v) is 17.2. The van der Waals surface area contributed by atoms with Crippen molar-refractivity contribution in [1.29, 1.82) is 0 Å². The van der Waals surface area contributed by atoms with Crippen molar-refractivity contribution in [1.82, 2.24) is 19.2 Å². The van der Waals surface area contributed by atoms with E-state index in [9.17, 15) is 9.59 Å². The molecule has 0 atom stereocenters. The SMILES string of the molecule is O=C(O)Cc1nn(Cc2cn3cc(OCC4CC4)c(Cl)cc3n2)c2ccccc2c1=O. The number of aliphatic carboxylic acids is 1. The molecule has 0 bridgehead atoms. The van der Waals surface area contributed by atoms with Crippen LogP contribution in [0.1, 0.15) is 24.2 Å². The maximum atomic E-state index is 12.6. The van der Waals surface area contributed by atoms with Crippen LogP contribution in [0.15, 0.2) is 47.5 Å². The molecule has 1 N–H and O–H groups in total. The number of hydrogen-bond acceptors (Lipinski definition) is 5. The lowest BCUT2D eigenvalue weighted by Gasteiger charge is -2.10. The van der Waals surface area contributed by atoms with Gasteiger partial charge in [-0.25, -0.2) is 4.98 Å². The number of hydrogen-bond donors (Lipinski definition) is 1. The van der Waals surface area contributed by atoms with E-state index in [2.05, 4.69) is 10.1 Å². The normalized spacial score (nSPS) is 13.7. The van der Waals surface area contributed by atoms with E-state index in [0.29, 0.717) is 45.5 Å². The van der Waals surface area contributed by atoms with Crippen LogP contribution in [0.3, 0.4) is 0 Å². The Morgan fingerprint density at radius 3 is 2.84 bits per heavy atom. The fourth-order valence-corrected chi connectivity index (χ4v) is 3.74. The average molecular weight is 439 g/mol. The Morgan fingerprint density at radius 1 is 1.26 bits per heavy atom. The number of carbonyl (C=O) groups is 1. The third-order valence-electron chi connectivity index (χ3n) is 5.29. The first kappa shape index (κ1) is 19.6. The monoisotopic (exact) mass is 438 g/mol. The first-order valence-corrected chi connectivity index (χ1v) is 10.4. The molecule has 8 nitrogen and oxygen atoms in total. The van der Waals surface area contributed by atoms with E-state index < -0.39 is 12.4 Å². The standard InChI is InChI=1S/C22H19ClN4O4/c23-16-7-20-24-14(9-26(20)11-19(16)31-12-13-5-6-13)10-27-18-4-2-1-3-15(18)22(30)17(25-27)8-21(28)29/h1-4,7,9,11,13H,5-6,8,10,12H2,(H,28,29). The predicted molar refractivity (Wildman–Crippen MR) is 115 cm³/mol. The number of ether oxygens (including phenoxy) is 1. The van der Waals surface area contributed by atoms with E-state index in [1.807, 2.05) is 22.9 Å². The van der Waals surface area contributed by atoms with E-state index >= 15 is 0 Å². The molecule has 3 heterocycles. The van der Waals surface area contributed by atoms with Crippen molar-refractivity contribution < 1.29 is 14.6 Å². The number of imidazole rings is 1. The van der Waals surface area contributed by atoms with E-state index in [4.69, 9.17) is 21.4 Å². The highest BCUT2D eigenvalue weighted by molar-refractivity contribution is 6.32. The highest BCUT2D eigenvalue weighted by Gasteiger charge is 2.22. The summed E-state index contributed by atoms with van der Waals surface area (Å²) in [6.07, 6.45) is 5.61. The second-order valence-corrected chi connectivity index (χ2v) is 8.17. The maximum Gasteiger partial charge on any atom is 0.309 e. The summed E-state index contributed by atoms with van der Waals surface area (Å²) >= 11 is 6.36. The lowest BCUT2D eigenvalue weighted by atomic mass is 10.1. The van der Waals surface area contributed by atoms with E-state index in [1.54, 1.807) is 28.9 Å². The van der Waals surface area contributed by atoms with Crippen LogP contribution in [-0.2, 0) is 17.8 Å². The Hall–Kier alpha value is -3.39. The number of benzene rings is 1. The quantitative estimate of drug-likeness (QED) is 0.476. The van der Waals surface area contributed by atoms with Crippen LogP contribution >= 0.6 is 11.6 Å². The van der Waals surface area contributed by atoms with Gasteiger partial charge >= 0.3 is 5.97 Å². The Bertz CT molecular complexity index is 1370. The largest absolute Gasteiger partial charge is 0.490 e. The van der Waals surface area contributed by atoms with Crippen LogP contribution in [0.5, 0.6) is 5.75 Å². The highest BCUT2D eigenvalue weighted by Crippen LogP contribution is 2.32. The molecule has 1 saturated carbocycles. The second kappa shape index (κ2) is 7.70. The molecule has 5 rings (SSSR count). The van der Waals surface area contributed by atoms with Crippen LogP contribution in [0.25, 0.3) is 16.6 Å². The predicted octanol–water partition coefficient (Wildman–Crippen LogP) is 3.16. The van der Waals surface area contributed by atoms with Gasteiger partial charge in [-0.2, -0.15) is 5.10 Å². The first-order chi connectivity index (χ1) is 15.0. The fraction of sp³-hybridized carbons (Fsp3) is 0.273. The van der Waals surface area contributed by atoms with Gasteiger partial charge in [-0.1, -0.05) is 23.7 Å². The summed E-state index contributed by atoms with van der Waals surface area (Å²) < 4.78 is 9.29. The summed E-state index contributed by atoms with van der Waals surface area (Å²) in [6, 6.07) is 8.76. The van der Waals surface area contributed by atoms with Crippen molar-refractivity contribution >= 4 is 34.1 Å². The number of aromatic nitrogens is 4. The van der Waals surface area contributed by atoms with Crippen molar-refractivity contribution in [3.8, 4) is 5.75 Å². The van der Waals surface area contributed by atoms with Gasteiger partial charge in [0.05, 0.1) is 42.0 Å². The number of fused-ring (bicyclic) bond motifs is 2. The van der Waals surface area contributed by atoms with Gasteiger partial charge < -0.3 is 14.2 Å². The number of carboxylic acid groups (broad SMARTS) is 1. The summed E-state index contributed by atoms with van der Waals surface area (Å²) in [6.45, 7) is 0.928. The minimum Gasteiger partial charge on any atom is -0.490 e. The molecule has 0 saturated heterocycles. The van der Waals surface area contributed by atoms with Crippen LogP contribution < -0.4 is 10.2 Å². The van der Waals surface area contributed by atoms with E-state index in [0.717, 1.165) is 0 Å². The molecule has 0 spiro atoms. The lowest BCUT2D eigenvalue weighted by molar-refractivity contribution is -0.136. The van der Waals surface area contributed by atoms with Crippen molar-refractivity contribution in [2.24, 2.45) is 5.92 Å². The summed E-state index contributed by atoms with van der Waals surface area (Å²) in [5.41, 5.74) is 1.60. The Balaban J connectivity index is 1.52. The molecule has 1 aliphatic carbocycles. The summed E-state index contributed by atoms with van der Waals surface area (Å²) in [4.78, 5) is 28.4. The van der Waals surface area contributed by atoms with Crippen molar-refractivity contribution in [3.05, 3.63) is 69.4 Å². The van der Waals surface area contributed by atoms with Gasteiger partial charge in [0, 0.05) is 17.6 Å². The number of rotatable bonds is 7. The Morgan fingerprint density at radius 2 is 2.06 bits per heavy atom. The molecule has 0 unspecified atom stereocenters. The van der Waals surface area contributed by atoms with Crippen LogP contribution in [0.2, 0.25) is 5.02 Å². The van der Waals surface area contributed by atoms with Crippen LogP contribution in [-0.4, -0.2) is 36.8 Å². The molecular weight excluding hydrogens is 420 g/mol. The molecule has 0 radical (unpaired) electrons. The average Bonchev–Trinajstić information content (AvgIpc) is 3.49. The molecule has 1 aliphatic rings. The number of pyridine rings is 1. The van der Waals surface area contributed by atoms with Crippen molar-refractivity contribution in [2.45, 2.75) is 25.8 Å². The Labute approximate surface area is 181 Å². The zero-order chi connectivity index (χ0) is 21.5. The third-order valence-corrected chi connectivity index (χ3v) is 5.59. The molecule has 1 aromatic carbocycles. The lowest BCUT2D eigenvalue weighted by Crippen LogP contribution is -2.22. The van der Waals surface area contributed by atoms with Gasteiger partial charge in [-0.3, -0.25) is 14.3 Å². The third kappa shape index (κ3) is 3.98.